The van der Waals surface area contributed by atoms with Gasteiger partial charge in [0.05, 0.1) is 6.04 Å². The number of anilines is 3. The molecule has 2 aromatic rings. The van der Waals surface area contributed by atoms with Crippen molar-refractivity contribution in [1.29, 1.82) is 0 Å². The Morgan fingerprint density at radius 1 is 0.892 bits per heavy atom. The molecule has 0 bridgehead atoms. The second kappa shape index (κ2) is 8.91. The van der Waals surface area contributed by atoms with E-state index in [0.29, 0.717) is 30.0 Å². The van der Waals surface area contributed by atoms with Gasteiger partial charge in [-0.3, -0.25) is 24.2 Å². The summed E-state index contributed by atoms with van der Waals surface area (Å²) in [5, 5.41) is 5.57. The molecule has 0 radical (unpaired) electrons. The largest absolute Gasteiger partial charge is 0.363 e. The third-order valence-electron chi connectivity index (χ3n) is 7.49. The average molecular weight is 505 g/mol. The molecule has 2 aromatic carbocycles. The van der Waals surface area contributed by atoms with Gasteiger partial charge < -0.3 is 20.4 Å². The summed E-state index contributed by atoms with van der Waals surface area (Å²) in [6.45, 7) is 2.50. The summed E-state index contributed by atoms with van der Waals surface area (Å²) in [6, 6.07) is 12.6. The van der Waals surface area contributed by atoms with E-state index in [1.165, 1.54) is 21.0 Å². The lowest BCUT2D eigenvalue weighted by Crippen LogP contribution is -2.74. The van der Waals surface area contributed by atoms with Gasteiger partial charge in [-0.2, -0.15) is 0 Å². The highest BCUT2D eigenvalue weighted by Gasteiger charge is 2.64. The molecule has 3 aliphatic rings. The van der Waals surface area contributed by atoms with Crippen molar-refractivity contribution in [2.45, 2.75) is 19.4 Å². The highest BCUT2D eigenvalue weighted by molar-refractivity contribution is 6.20. The number of piperazine rings is 1. The van der Waals surface area contributed by atoms with Gasteiger partial charge in [-0.25, -0.2) is 9.59 Å². The number of imide groups is 2. The minimum atomic E-state index is -1.59. The molecule has 1 spiro atoms. The molecule has 11 heteroatoms. The van der Waals surface area contributed by atoms with E-state index in [4.69, 9.17) is 0 Å². The third kappa shape index (κ3) is 3.87. The summed E-state index contributed by atoms with van der Waals surface area (Å²) in [4.78, 5) is 70.4. The quantitative estimate of drug-likeness (QED) is 0.603. The molecule has 0 unspecified atom stereocenters. The molecule has 3 heterocycles. The number of nitrogens with one attached hydrogen (secondary N) is 2. The molecule has 192 valence electrons. The Labute approximate surface area is 214 Å². The van der Waals surface area contributed by atoms with Gasteiger partial charge in [0, 0.05) is 57.7 Å². The lowest BCUT2D eigenvalue weighted by Gasteiger charge is -2.56. The van der Waals surface area contributed by atoms with E-state index in [1.807, 2.05) is 29.2 Å². The van der Waals surface area contributed by atoms with Crippen LogP contribution in [0.1, 0.15) is 12.5 Å². The molecular formula is C26H28N6O5. The number of hydrogen-bond acceptors (Lipinski definition) is 6. The van der Waals surface area contributed by atoms with Gasteiger partial charge in [0.15, 0.2) is 5.41 Å². The zero-order valence-corrected chi connectivity index (χ0v) is 20.9. The van der Waals surface area contributed by atoms with Crippen LogP contribution in [0.4, 0.5) is 26.7 Å². The fourth-order valence-electron chi connectivity index (χ4n) is 5.62. The van der Waals surface area contributed by atoms with Gasteiger partial charge in [-0.05, 0) is 42.3 Å². The highest BCUT2D eigenvalue weighted by atomic mass is 16.2. The zero-order chi connectivity index (χ0) is 26.5. The summed E-state index contributed by atoms with van der Waals surface area (Å²) >= 11 is 0. The standard InChI is InChI=1S/C26H28N6O5/c1-16(33)31-11-12-32-20-10-9-19(28-24(36)27-18-7-5-4-6-8-18)13-17(20)14-26(21(32)15-31)22(34)29(2)25(37)30(3)23(26)35/h4-10,13,21H,11-12,14-15H2,1-3H3,(H2,27,28,36)/t21-/m0/s1. The molecule has 0 aliphatic carbocycles. The van der Waals surface area contributed by atoms with Gasteiger partial charge in [0.25, 0.3) is 0 Å². The maximum atomic E-state index is 13.7. The van der Waals surface area contributed by atoms with Gasteiger partial charge in [0.2, 0.25) is 17.7 Å². The molecule has 2 N–H and O–H groups in total. The summed E-state index contributed by atoms with van der Waals surface area (Å²) in [5.41, 5.74) is 1.07. The Bertz CT molecular complexity index is 1290. The number of hydrogen-bond donors (Lipinski definition) is 2. The van der Waals surface area contributed by atoms with Crippen LogP contribution in [0.3, 0.4) is 0 Å². The van der Waals surface area contributed by atoms with E-state index < -0.39 is 35.3 Å². The van der Waals surface area contributed by atoms with Gasteiger partial charge in [-0.15, -0.1) is 0 Å². The Morgan fingerprint density at radius 3 is 2.19 bits per heavy atom. The predicted octanol–water partition coefficient (Wildman–Crippen LogP) is 1.96. The normalized spacial score (nSPS) is 20.5. The number of carbonyl (C=O) groups is 5. The van der Waals surface area contributed by atoms with E-state index in [9.17, 15) is 24.0 Å². The first-order chi connectivity index (χ1) is 17.6. The Kier molecular flexibility index (Phi) is 5.85. The average Bonchev–Trinajstić information content (AvgIpc) is 2.89. The molecule has 2 saturated heterocycles. The van der Waals surface area contributed by atoms with E-state index >= 15 is 0 Å². The van der Waals surface area contributed by atoms with Crippen molar-refractivity contribution in [3.05, 3.63) is 54.1 Å². The fraction of sp³-hybridized carbons (Fsp3) is 0.346. The number of nitrogens with zero attached hydrogens (tertiary/aromatic N) is 4. The lowest BCUT2D eigenvalue weighted by atomic mass is 9.67. The number of barbiturate groups is 1. The van der Waals surface area contributed by atoms with Crippen molar-refractivity contribution in [3.8, 4) is 0 Å². The second-order valence-corrected chi connectivity index (χ2v) is 9.62. The van der Waals surface area contributed by atoms with E-state index in [1.54, 1.807) is 29.2 Å². The van der Waals surface area contributed by atoms with Crippen molar-refractivity contribution in [2.24, 2.45) is 5.41 Å². The SMILES string of the molecule is CC(=O)N1CCN2c3ccc(NC(=O)Nc4ccccc4)cc3CC3(C(=O)N(C)C(=O)N(C)C3=O)[C@@H]2C1. The number of carbonyl (C=O) groups excluding carboxylic acids is 5. The lowest BCUT2D eigenvalue weighted by molar-refractivity contribution is -0.161. The molecule has 7 amide bonds. The molecule has 0 aromatic heterocycles. The van der Waals surface area contributed by atoms with Gasteiger partial charge in [-0.1, -0.05) is 18.2 Å². The molecule has 37 heavy (non-hydrogen) atoms. The fourth-order valence-corrected chi connectivity index (χ4v) is 5.62. The van der Waals surface area contributed by atoms with E-state index in [0.717, 1.165) is 15.5 Å². The number of para-hydroxylation sites is 1. The van der Waals surface area contributed by atoms with Crippen LogP contribution in [-0.4, -0.2) is 84.3 Å². The van der Waals surface area contributed by atoms with Crippen LogP contribution in [0.2, 0.25) is 0 Å². The predicted molar refractivity (Wildman–Crippen MR) is 136 cm³/mol. The van der Waals surface area contributed by atoms with Gasteiger partial charge in [0.1, 0.15) is 0 Å². The van der Waals surface area contributed by atoms with Crippen LogP contribution in [0.5, 0.6) is 0 Å². The number of fused-ring (bicyclic) bond motifs is 4. The number of urea groups is 2. The van der Waals surface area contributed by atoms with Crippen LogP contribution in [0.25, 0.3) is 0 Å². The molecule has 0 saturated carbocycles. The van der Waals surface area contributed by atoms with Crippen molar-refractivity contribution < 1.29 is 24.0 Å². The molecular weight excluding hydrogens is 476 g/mol. The summed E-state index contributed by atoms with van der Waals surface area (Å²) < 4.78 is 0. The number of benzene rings is 2. The summed E-state index contributed by atoms with van der Waals surface area (Å²) in [6.07, 6.45) is 0.0324. The van der Waals surface area contributed by atoms with Crippen molar-refractivity contribution in [3.63, 3.8) is 0 Å². The highest BCUT2D eigenvalue weighted by Crippen LogP contribution is 2.47. The number of amides is 7. The first kappa shape index (κ1) is 24.3. The number of rotatable bonds is 2. The Hall–Kier alpha value is -4.41. The van der Waals surface area contributed by atoms with Crippen molar-refractivity contribution in [2.75, 3.05) is 49.3 Å². The monoisotopic (exact) mass is 504 g/mol. The Morgan fingerprint density at radius 2 is 1.54 bits per heavy atom. The molecule has 11 nitrogen and oxygen atoms in total. The van der Waals surface area contributed by atoms with Gasteiger partial charge >= 0.3 is 12.1 Å². The maximum Gasteiger partial charge on any atom is 0.332 e. The third-order valence-corrected chi connectivity index (χ3v) is 7.49. The maximum absolute atomic E-state index is 13.7. The molecule has 2 fully saturated rings. The van der Waals surface area contributed by atoms with Crippen molar-refractivity contribution >= 4 is 46.8 Å². The molecule has 1 atom stereocenters. The van der Waals surface area contributed by atoms with Crippen LogP contribution >= 0.6 is 0 Å². The smallest absolute Gasteiger partial charge is 0.332 e. The zero-order valence-electron chi connectivity index (χ0n) is 20.9. The van der Waals surface area contributed by atoms with Crippen molar-refractivity contribution in [1.82, 2.24) is 14.7 Å². The first-order valence-electron chi connectivity index (χ1n) is 12.0. The van der Waals surface area contributed by atoms with E-state index in [-0.39, 0.29) is 18.9 Å². The summed E-state index contributed by atoms with van der Waals surface area (Å²) in [7, 11) is 2.74. The minimum Gasteiger partial charge on any atom is -0.363 e. The van der Waals surface area contributed by atoms with E-state index in [2.05, 4.69) is 10.6 Å². The van der Waals surface area contributed by atoms with Crippen LogP contribution < -0.4 is 15.5 Å². The first-order valence-corrected chi connectivity index (χ1v) is 12.0. The van der Waals surface area contributed by atoms with Crippen LogP contribution in [0.15, 0.2) is 48.5 Å². The van der Waals surface area contributed by atoms with Crippen LogP contribution in [-0.2, 0) is 20.8 Å². The molecule has 3 aliphatic heterocycles. The second-order valence-electron chi connectivity index (χ2n) is 9.62. The Balaban J connectivity index is 1.52. The molecule has 5 rings (SSSR count). The minimum absolute atomic E-state index is 0.0324. The summed E-state index contributed by atoms with van der Waals surface area (Å²) in [5.74, 6) is -1.32. The van der Waals surface area contributed by atoms with Crippen LogP contribution in [0, 0.1) is 5.41 Å². The topological polar surface area (TPSA) is 122 Å².